The molecule has 1 aliphatic heterocycles. The highest BCUT2D eigenvalue weighted by Gasteiger charge is 2.26. The minimum Gasteiger partial charge on any atom is -0.299 e. The highest BCUT2D eigenvalue weighted by atomic mass is 35.5. The maximum Gasteiger partial charge on any atom is 0.367 e. The largest absolute Gasteiger partial charge is 0.367 e. The normalized spacial score (nSPS) is 16.8. The zero-order valence-electron chi connectivity index (χ0n) is 17.7. The molecule has 0 spiro atoms. The van der Waals surface area contributed by atoms with Crippen LogP contribution in [0.15, 0.2) is 59.5 Å². The van der Waals surface area contributed by atoms with Crippen LogP contribution in [-0.2, 0) is 6.54 Å². The molecule has 0 radical (unpaired) electrons. The summed E-state index contributed by atoms with van der Waals surface area (Å²) in [5.74, 6) is 0. The van der Waals surface area contributed by atoms with Crippen LogP contribution in [0, 0.1) is 0 Å². The monoisotopic (exact) mass is 467 g/mol. The molecule has 1 fully saturated rings. The SMILES string of the molecule is CCN1CCC[C@H]1Cn1nc2c(-c3ccc(Cl)cc3)c(-c3ccc(Cl)cc3)cnn2c1=O. The maximum absolute atomic E-state index is 13.2. The van der Waals surface area contributed by atoms with Gasteiger partial charge in [0.1, 0.15) is 0 Å². The van der Waals surface area contributed by atoms with Crippen molar-refractivity contribution in [2.75, 3.05) is 13.1 Å². The van der Waals surface area contributed by atoms with Crippen molar-refractivity contribution in [2.45, 2.75) is 32.4 Å². The molecule has 1 atom stereocenters. The molecule has 1 aliphatic rings. The molecule has 0 unspecified atom stereocenters. The standard InChI is InChI=1S/C24H23Cl2N5O/c1-2-29-13-3-4-20(29)15-30-24(32)31-23(28-30)22(17-7-11-19(26)12-8-17)21(14-27-31)16-5-9-18(25)10-6-16/h5-12,14,20H,2-4,13,15H2,1H3/t20-/m0/s1. The fourth-order valence-corrected chi connectivity index (χ4v) is 4.80. The fraction of sp³-hybridized carbons (Fsp3) is 0.292. The first-order chi connectivity index (χ1) is 15.5. The summed E-state index contributed by atoms with van der Waals surface area (Å²) in [5.41, 5.74) is 3.90. The van der Waals surface area contributed by atoms with Crippen molar-refractivity contribution >= 4 is 28.8 Å². The summed E-state index contributed by atoms with van der Waals surface area (Å²) in [7, 11) is 0. The first kappa shape index (κ1) is 21.2. The van der Waals surface area contributed by atoms with E-state index >= 15 is 0 Å². The lowest BCUT2D eigenvalue weighted by atomic mass is 9.97. The van der Waals surface area contributed by atoms with Crippen LogP contribution in [0.4, 0.5) is 0 Å². The van der Waals surface area contributed by atoms with E-state index in [0.717, 1.165) is 48.2 Å². The number of likely N-dealkylation sites (N-methyl/N-ethyl adjacent to an activating group) is 1. The molecule has 32 heavy (non-hydrogen) atoms. The number of halogens is 2. The second-order valence-corrected chi connectivity index (χ2v) is 8.94. The molecule has 0 N–H and O–H groups in total. The highest BCUT2D eigenvalue weighted by molar-refractivity contribution is 6.31. The van der Waals surface area contributed by atoms with Gasteiger partial charge in [0.05, 0.1) is 12.7 Å². The van der Waals surface area contributed by atoms with E-state index in [0.29, 0.717) is 28.3 Å². The smallest absolute Gasteiger partial charge is 0.299 e. The first-order valence-corrected chi connectivity index (χ1v) is 11.6. The van der Waals surface area contributed by atoms with Crippen LogP contribution in [0.1, 0.15) is 19.8 Å². The average molecular weight is 468 g/mol. The van der Waals surface area contributed by atoms with Gasteiger partial charge >= 0.3 is 5.69 Å². The van der Waals surface area contributed by atoms with Crippen molar-refractivity contribution in [1.29, 1.82) is 0 Å². The minimum absolute atomic E-state index is 0.221. The Morgan fingerprint density at radius 2 is 1.66 bits per heavy atom. The number of likely N-dealkylation sites (tertiary alicyclic amines) is 1. The number of hydrogen-bond acceptors (Lipinski definition) is 4. The Morgan fingerprint density at radius 3 is 2.31 bits per heavy atom. The summed E-state index contributed by atoms with van der Waals surface area (Å²) >= 11 is 12.2. The summed E-state index contributed by atoms with van der Waals surface area (Å²) in [6, 6.07) is 15.5. The summed E-state index contributed by atoms with van der Waals surface area (Å²) in [4.78, 5) is 15.6. The van der Waals surface area contributed by atoms with Gasteiger partial charge in [-0.1, -0.05) is 54.4 Å². The molecule has 3 heterocycles. The van der Waals surface area contributed by atoms with Gasteiger partial charge in [0.15, 0.2) is 5.65 Å². The van der Waals surface area contributed by atoms with Crippen molar-refractivity contribution in [3.8, 4) is 22.3 Å². The molecule has 8 heteroatoms. The highest BCUT2D eigenvalue weighted by Crippen LogP contribution is 2.35. The molecule has 4 aromatic rings. The lowest BCUT2D eigenvalue weighted by molar-refractivity contribution is 0.236. The van der Waals surface area contributed by atoms with Gasteiger partial charge in [-0.05, 0) is 61.3 Å². The number of fused-ring (bicyclic) bond motifs is 1. The lowest BCUT2D eigenvalue weighted by Crippen LogP contribution is -2.36. The first-order valence-electron chi connectivity index (χ1n) is 10.8. The topological polar surface area (TPSA) is 55.4 Å². The van der Waals surface area contributed by atoms with Gasteiger partial charge in [0.2, 0.25) is 0 Å². The van der Waals surface area contributed by atoms with Crippen molar-refractivity contribution in [3.63, 3.8) is 0 Å². The van der Waals surface area contributed by atoms with Crippen molar-refractivity contribution in [1.82, 2.24) is 24.3 Å². The molecule has 2 aromatic heterocycles. The molecule has 0 saturated carbocycles. The predicted octanol–water partition coefficient (Wildman–Crippen LogP) is 5.02. The number of hydrogen-bond donors (Lipinski definition) is 0. The van der Waals surface area contributed by atoms with Crippen LogP contribution < -0.4 is 5.69 Å². The van der Waals surface area contributed by atoms with Crippen molar-refractivity contribution < 1.29 is 0 Å². The van der Waals surface area contributed by atoms with Crippen LogP contribution in [-0.4, -0.2) is 43.4 Å². The van der Waals surface area contributed by atoms with Gasteiger partial charge in [-0.3, -0.25) is 4.90 Å². The number of benzene rings is 2. The predicted molar refractivity (Wildman–Crippen MR) is 128 cm³/mol. The van der Waals surface area contributed by atoms with Crippen LogP contribution in [0.25, 0.3) is 27.9 Å². The van der Waals surface area contributed by atoms with Gasteiger partial charge in [0.25, 0.3) is 0 Å². The van der Waals surface area contributed by atoms with Crippen LogP contribution in [0.2, 0.25) is 10.0 Å². The van der Waals surface area contributed by atoms with E-state index in [1.54, 1.807) is 10.9 Å². The van der Waals surface area contributed by atoms with E-state index < -0.39 is 0 Å². The summed E-state index contributed by atoms with van der Waals surface area (Å²) in [6.07, 6.45) is 3.94. The zero-order valence-corrected chi connectivity index (χ0v) is 19.2. The Bertz CT molecular complexity index is 1310. The average Bonchev–Trinajstić information content (AvgIpc) is 3.39. The Morgan fingerprint density at radius 1 is 1.00 bits per heavy atom. The Balaban J connectivity index is 1.69. The van der Waals surface area contributed by atoms with E-state index in [2.05, 4.69) is 16.9 Å². The van der Waals surface area contributed by atoms with Crippen LogP contribution >= 0.6 is 23.2 Å². The van der Waals surface area contributed by atoms with Crippen LogP contribution in [0.5, 0.6) is 0 Å². The fourth-order valence-electron chi connectivity index (χ4n) is 4.55. The molecule has 0 bridgehead atoms. The Labute approximate surface area is 196 Å². The third kappa shape index (κ3) is 3.83. The van der Waals surface area contributed by atoms with E-state index in [-0.39, 0.29) is 5.69 Å². The van der Waals surface area contributed by atoms with Gasteiger partial charge < -0.3 is 0 Å². The van der Waals surface area contributed by atoms with Crippen molar-refractivity contribution in [3.05, 3.63) is 75.3 Å². The third-order valence-electron chi connectivity index (χ3n) is 6.19. The molecule has 5 rings (SSSR count). The van der Waals surface area contributed by atoms with Gasteiger partial charge in [-0.15, -0.1) is 5.10 Å². The summed E-state index contributed by atoms with van der Waals surface area (Å²) in [5, 5.41) is 10.5. The van der Waals surface area contributed by atoms with E-state index in [4.69, 9.17) is 28.3 Å². The minimum atomic E-state index is -0.221. The lowest BCUT2D eigenvalue weighted by Gasteiger charge is -2.21. The molecule has 6 nitrogen and oxygen atoms in total. The quantitative estimate of drug-likeness (QED) is 0.413. The van der Waals surface area contributed by atoms with Gasteiger partial charge in [0, 0.05) is 27.2 Å². The number of aromatic nitrogens is 4. The van der Waals surface area contributed by atoms with E-state index in [1.165, 1.54) is 4.52 Å². The summed E-state index contributed by atoms with van der Waals surface area (Å²) < 4.78 is 2.96. The van der Waals surface area contributed by atoms with E-state index in [1.807, 2.05) is 48.5 Å². The molecule has 2 aromatic carbocycles. The molecule has 0 aliphatic carbocycles. The molecule has 1 saturated heterocycles. The second kappa shape index (κ2) is 8.70. The third-order valence-corrected chi connectivity index (χ3v) is 6.69. The molecular weight excluding hydrogens is 445 g/mol. The Hall–Kier alpha value is -2.67. The molecule has 0 amide bonds. The molecular formula is C24H23Cl2N5O. The maximum atomic E-state index is 13.2. The second-order valence-electron chi connectivity index (χ2n) is 8.07. The van der Waals surface area contributed by atoms with Crippen molar-refractivity contribution in [2.24, 2.45) is 0 Å². The van der Waals surface area contributed by atoms with Crippen LogP contribution in [0.3, 0.4) is 0 Å². The number of rotatable bonds is 5. The zero-order chi connectivity index (χ0) is 22.2. The van der Waals surface area contributed by atoms with Gasteiger partial charge in [-0.2, -0.15) is 9.61 Å². The molecule has 164 valence electrons. The Kier molecular flexibility index (Phi) is 5.76. The summed E-state index contributed by atoms with van der Waals surface area (Å²) in [6.45, 7) is 4.76. The number of nitrogens with zero attached hydrogens (tertiary/aromatic N) is 5. The van der Waals surface area contributed by atoms with E-state index in [9.17, 15) is 4.79 Å². The van der Waals surface area contributed by atoms with Gasteiger partial charge in [-0.25, -0.2) is 9.48 Å².